The van der Waals surface area contributed by atoms with Crippen molar-refractivity contribution in [2.75, 3.05) is 25.7 Å². The molecule has 0 unspecified atom stereocenters. The molecule has 102 valence electrons. The molecule has 2 N–H and O–H groups in total. The molecule has 0 amide bonds. The van der Waals surface area contributed by atoms with Crippen LogP contribution in [0.3, 0.4) is 0 Å². The second-order valence-electron chi connectivity index (χ2n) is 4.22. The predicted molar refractivity (Wildman–Crippen MR) is 78.6 cm³/mol. The number of hydrogen-bond acceptors (Lipinski definition) is 4. The molecule has 18 heavy (non-hydrogen) atoms. The molecule has 0 heterocycles. The molecule has 0 radical (unpaired) electrons. The molecule has 4 heteroatoms. The van der Waals surface area contributed by atoms with Crippen LogP contribution in [0.1, 0.15) is 24.8 Å². The molecular weight excluding hydrogens is 246 g/mol. The Bertz CT molecular complexity index is 345. The first-order valence-corrected chi connectivity index (χ1v) is 7.73. The van der Waals surface area contributed by atoms with Crippen LogP contribution in [0.4, 0.5) is 0 Å². The molecule has 1 rings (SSSR count). The molecule has 1 aromatic rings. The fourth-order valence-electron chi connectivity index (χ4n) is 1.73. The molecule has 0 spiro atoms. The van der Waals surface area contributed by atoms with Gasteiger partial charge in [0.1, 0.15) is 11.5 Å². The second kappa shape index (κ2) is 9.11. The summed E-state index contributed by atoms with van der Waals surface area (Å²) in [6, 6.07) is 5.31. The van der Waals surface area contributed by atoms with Gasteiger partial charge in [0.05, 0.1) is 7.11 Å². The first kappa shape index (κ1) is 15.2. The van der Waals surface area contributed by atoms with Crippen LogP contribution in [-0.4, -0.2) is 30.8 Å². The van der Waals surface area contributed by atoms with E-state index in [1.165, 1.54) is 25.0 Å². The van der Waals surface area contributed by atoms with Crippen molar-refractivity contribution >= 4 is 11.8 Å². The molecule has 0 aliphatic heterocycles. The summed E-state index contributed by atoms with van der Waals surface area (Å²) in [7, 11) is 1.63. The van der Waals surface area contributed by atoms with Crippen LogP contribution in [0.25, 0.3) is 0 Å². The summed E-state index contributed by atoms with van der Waals surface area (Å²) in [6.45, 7) is 1.68. The van der Waals surface area contributed by atoms with Gasteiger partial charge in [0, 0.05) is 12.1 Å². The number of hydrogen-bond donors (Lipinski definition) is 2. The summed E-state index contributed by atoms with van der Waals surface area (Å²) in [5, 5.41) is 13.1. The summed E-state index contributed by atoms with van der Waals surface area (Å²) >= 11 is 1.90. The number of phenols is 1. The average Bonchev–Trinajstić information content (AvgIpc) is 2.39. The van der Waals surface area contributed by atoms with Gasteiger partial charge >= 0.3 is 0 Å². The molecule has 0 bridgehead atoms. The first-order valence-electron chi connectivity index (χ1n) is 6.33. The number of nitrogens with one attached hydrogen (secondary N) is 1. The van der Waals surface area contributed by atoms with Gasteiger partial charge in [-0.05, 0) is 49.6 Å². The van der Waals surface area contributed by atoms with Crippen LogP contribution in [0.5, 0.6) is 11.5 Å². The molecular formula is C14H23NO2S. The van der Waals surface area contributed by atoms with Crippen molar-refractivity contribution < 1.29 is 9.84 Å². The monoisotopic (exact) mass is 269 g/mol. The van der Waals surface area contributed by atoms with E-state index in [0.29, 0.717) is 12.3 Å². The van der Waals surface area contributed by atoms with E-state index in [1.54, 1.807) is 19.2 Å². The van der Waals surface area contributed by atoms with E-state index in [9.17, 15) is 5.11 Å². The lowest BCUT2D eigenvalue weighted by atomic mass is 10.2. The minimum atomic E-state index is 0.325. The van der Waals surface area contributed by atoms with Crippen LogP contribution >= 0.6 is 11.8 Å². The summed E-state index contributed by atoms with van der Waals surface area (Å²) in [4.78, 5) is 0. The Balaban J connectivity index is 2.22. The zero-order chi connectivity index (χ0) is 13.2. The fraction of sp³-hybridized carbons (Fsp3) is 0.571. The number of ether oxygens (including phenoxy) is 1. The van der Waals surface area contributed by atoms with E-state index in [-0.39, 0.29) is 0 Å². The van der Waals surface area contributed by atoms with Crippen LogP contribution in [0.15, 0.2) is 18.2 Å². The predicted octanol–water partition coefficient (Wildman–Crippen LogP) is 3.02. The Morgan fingerprint density at radius 2 is 2.11 bits per heavy atom. The zero-order valence-electron chi connectivity index (χ0n) is 11.2. The minimum Gasteiger partial charge on any atom is -0.508 e. The van der Waals surface area contributed by atoms with Gasteiger partial charge < -0.3 is 15.2 Å². The number of aromatic hydroxyl groups is 1. The smallest absolute Gasteiger partial charge is 0.120 e. The van der Waals surface area contributed by atoms with E-state index < -0.39 is 0 Å². The quantitative estimate of drug-likeness (QED) is 0.676. The van der Waals surface area contributed by atoms with Gasteiger partial charge in [-0.15, -0.1) is 0 Å². The van der Waals surface area contributed by atoms with Gasteiger partial charge in [-0.25, -0.2) is 0 Å². The molecule has 0 aromatic heterocycles. The van der Waals surface area contributed by atoms with Gasteiger partial charge in [-0.3, -0.25) is 0 Å². The lowest BCUT2D eigenvalue weighted by Crippen LogP contribution is -2.14. The third-order valence-electron chi connectivity index (χ3n) is 2.80. The molecule has 0 saturated heterocycles. The van der Waals surface area contributed by atoms with Crippen LogP contribution in [0.2, 0.25) is 0 Å². The summed E-state index contributed by atoms with van der Waals surface area (Å²) < 4.78 is 5.14. The third-order valence-corrected chi connectivity index (χ3v) is 3.50. The van der Waals surface area contributed by atoms with Gasteiger partial charge in [0.25, 0.3) is 0 Å². The van der Waals surface area contributed by atoms with E-state index in [4.69, 9.17) is 4.74 Å². The molecule has 1 aromatic carbocycles. The van der Waals surface area contributed by atoms with E-state index in [2.05, 4.69) is 11.6 Å². The highest BCUT2D eigenvalue weighted by Gasteiger charge is 2.02. The highest BCUT2D eigenvalue weighted by atomic mass is 32.2. The Morgan fingerprint density at radius 1 is 1.28 bits per heavy atom. The highest BCUT2D eigenvalue weighted by Crippen LogP contribution is 2.22. The van der Waals surface area contributed by atoms with Crippen molar-refractivity contribution in [2.45, 2.75) is 25.8 Å². The largest absolute Gasteiger partial charge is 0.508 e. The maximum Gasteiger partial charge on any atom is 0.120 e. The molecule has 0 fully saturated rings. The van der Waals surface area contributed by atoms with E-state index in [1.807, 2.05) is 17.8 Å². The summed E-state index contributed by atoms with van der Waals surface area (Å²) in [5.41, 5.74) is 0.887. The maximum atomic E-state index is 9.70. The Morgan fingerprint density at radius 3 is 2.83 bits per heavy atom. The number of benzene rings is 1. The van der Waals surface area contributed by atoms with Crippen molar-refractivity contribution in [3.05, 3.63) is 23.8 Å². The Kier molecular flexibility index (Phi) is 7.69. The topological polar surface area (TPSA) is 41.5 Å². The van der Waals surface area contributed by atoms with Crippen molar-refractivity contribution in [2.24, 2.45) is 0 Å². The molecule has 0 saturated carbocycles. The molecule has 0 atom stereocenters. The lowest BCUT2D eigenvalue weighted by Gasteiger charge is -2.08. The second-order valence-corrected chi connectivity index (χ2v) is 5.21. The van der Waals surface area contributed by atoms with Gasteiger partial charge in [-0.1, -0.05) is 6.42 Å². The standard InChI is InChI=1S/C14H23NO2S/c1-17-13-6-7-14(16)12(10-13)11-15-8-4-3-5-9-18-2/h6-7,10,15-16H,3-5,8-9,11H2,1-2H3. The Hall–Kier alpha value is -0.870. The first-order chi connectivity index (χ1) is 8.77. The summed E-state index contributed by atoms with van der Waals surface area (Å²) in [6.07, 6.45) is 5.88. The van der Waals surface area contributed by atoms with Crippen molar-refractivity contribution in [3.63, 3.8) is 0 Å². The summed E-state index contributed by atoms with van der Waals surface area (Å²) in [5.74, 6) is 2.35. The maximum absolute atomic E-state index is 9.70. The van der Waals surface area contributed by atoms with E-state index in [0.717, 1.165) is 17.9 Å². The van der Waals surface area contributed by atoms with Crippen LogP contribution in [0, 0.1) is 0 Å². The van der Waals surface area contributed by atoms with E-state index >= 15 is 0 Å². The normalized spacial score (nSPS) is 10.6. The van der Waals surface area contributed by atoms with Crippen molar-refractivity contribution in [3.8, 4) is 11.5 Å². The molecule has 0 aliphatic carbocycles. The van der Waals surface area contributed by atoms with Gasteiger partial charge in [0.2, 0.25) is 0 Å². The number of rotatable bonds is 9. The number of thioether (sulfide) groups is 1. The SMILES string of the molecule is COc1ccc(O)c(CNCCCCCSC)c1. The van der Waals surface area contributed by atoms with Crippen molar-refractivity contribution in [1.29, 1.82) is 0 Å². The molecule has 0 aliphatic rings. The third kappa shape index (κ3) is 5.65. The average molecular weight is 269 g/mol. The Labute approximate surface area is 114 Å². The number of unbranched alkanes of at least 4 members (excludes halogenated alkanes) is 2. The molecule has 3 nitrogen and oxygen atoms in total. The van der Waals surface area contributed by atoms with Crippen LogP contribution < -0.4 is 10.1 Å². The zero-order valence-corrected chi connectivity index (χ0v) is 12.1. The van der Waals surface area contributed by atoms with Gasteiger partial charge in [0.15, 0.2) is 0 Å². The lowest BCUT2D eigenvalue weighted by molar-refractivity contribution is 0.410. The van der Waals surface area contributed by atoms with Crippen molar-refractivity contribution in [1.82, 2.24) is 5.32 Å². The number of methoxy groups -OCH3 is 1. The minimum absolute atomic E-state index is 0.325. The van der Waals surface area contributed by atoms with Crippen LogP contribution in [-0.2, 0) is 6.54 Å². The van der Waals surface area contributed by atoms with Gasteiger partial charge in [-0.2, -0.15) is 11.8 Å². The highest BCUT2D eigenvalue weighted by molar-refractivity contribution is 7.98. The number of phenolic OH excluding ortho intramolecular Hbond substituents is 1. The fourth-order valence-corrected chi connectivity index (χ4v) is 2.22.